The number of rotatable bonds is 0. The number of nitrogens with zero attached hydrogens (tertiary/aromatic N) is 2. The van der Waals surface area contributed by atoms with Crippen molar-refractivity contribution in [2.45, 2.75) is 39.2 Å². The average molecular weight is 202 g/mol. The van der Waals surface area contributed by atoms with E-state index >= 15 is 0 Å². The summed E-state index contributed by atoms with van der Waals surface area (Å²) in [6, 6.07) is 2.18. The predicted octanol–water partition coefficient (Wildman–Crippen LogP) is 1.94. The summed E-state index contributed by atoms with van der Waals surface area (Å²) in [6.45, 7) is 3.78. The van der Waals surface area contributed by atoms with Crippen LogP contribution in [0.5, 0.6) is 0 Å². The normalized spacial score (nSPS) is 19.5. The Hall–Kier alpha value is -1.40. The largest absolute Gasteiger partial charge is 0.387 e. The third kappa shape index (κ3) is 1.51. The SMILES string of the molecule is Cc1nc2c(c(C)c1C#N)CCCC2O. The highest BCUT2D eigenvalue weighted by Gasteiger charge is 2.23. The molecule has 3 nitrogen and oxygen atoms in total. The van der Waals surface area contributed by atoms with Gasteiger partial charge in [-0.15, -0.1) is 0 Å². The van der Waals surface area contributed by atoms with E-state index in [1.165, 1.54) is 0 Å². The number of aryl methyl sites for hydroxylation is 1. The molecule has 0 radical (unpaired) electrons. The van der Waals surface area contributed by atoms with Gasteiger partial charge in [0.05, 0.1) is 23.1 Å². The Bertz CT molecular complexity index is 446. The molecule has 3 heteroatoms. The second-order valence-corrected chi connectivity index (χ2v) is 4.08. The minimum absolute atomic E-state index is 0.445. The molecule has 78 valence electrons. The van der Waals surface area contributed by atoms with Crippen LogP contribution in [-0.4, -0.2) is 10.1 Å². The average Bonchev–Trinajstić information content (AvgIpc) is 2.20. The molecule has 0 fully saturated rings. The number of hydrogen-bond acceptors (Lipinski definition) is 3. The molecular weight excluding hydrogens is 188 g/mol. The van der Waals surface area contributed by atoms with E-state index in [1.54, 1.807) is 0 Å². The first-order chi connectivity index (χ1) is 7.15. The minimum Gasteiger partial charge on any atom is -0.387 e. The summed E-state index contributed by atoms with van der Waals surface area (Å²) >= 11 is 0. The number of fused-ring (bicyclic) bond motifs is 1. The van der Waals surface area contributed by atoms with Gasteiger partial charge in [-0.05, 0) is 44.2 Å². The van der Waals surface area contributed by atoms with Crippen LogP contribution in [0.25, 0.3) is 0 Å². The third-order valence-corrected chi connectivity index (χ3v) is 3.12. The van der Waals surface area contributed by atoms with Crippen molar-refractivity contribution < 1.29 is 5.11 Å². The highest BCUT2D eigenvalue weighted by Crippen LogP contribution is 2.32. The van der Waals surface area contributed by atoms with Crippen molar-refractivity contribution in [3.63, 3.8) is 0 Å². The van der Waals surface area contributed by atoms with Gasteiger partial charge >= 0.3 is 0 Å². The summed E-state index contributed by atoms with van der Waals surface area (Å²) in [7, 11) is 0. The molecule has 2 rings (SSSR count). The summed E-state index contributed by atoms with van der Waals surface area (Å²) in [5.41, 5.74) is 4.27. The van der Waals surface area contributed by atoms with Crippen LogP contribution in [0.15, 0.2) is 0 Å². The zero-order valence-electron chi connectivity index (χ0n) is 9.04. The molecule has 0 amide bonds. The second kappa shape index (κ2) is 3.63. The molecule has 0 saturated heterocycles. The van der Waals surface area contributed by atoms with Crippen molar-refractivity contribution in [1.29, 1.82) is 5.26 Å². The second-order valence-electron chi connectivity index (χ2n) is 4.08. The van der Waals surface area contributed by atoms with Crippen molar-refractivity contribution in [3.8, 4) is 6.07 Å². The van der Waals surface area contributed by atoms with Crippen molar-refractivity contribution in [3.05, 3.63) is 28.1 Å². The summed E-state index contributed by atoms with van der Waals surface area (Å²) in [6.07, 6.45) is 2.24. The topological polar surface area (TPSA) is 56.9 Å². The van der Waals surface area contributed by atoms with E-state index in [0.29, 0.717) is 5.56 Å². The van der Waals surface area contributed by atoms with Gasteiger partial charge in [0.2, 0.25) is 0 Å². The maximum absolute atomic E-state index is 9.83. The first-order valence-corrected chi connectivity index (χ1v) is 5.23. The summed E-state index contributed by atoms with van der Waals surface area (Å²) in [5, 5.41) is 18.8. The highest BCUT2D eigenvalue weighted by molar-refractivity contribution is 5.47. The number of nitriles is 1. The Labute approximate surface area is 89.4 Å². The van der Waals surface area contributed by atoms with Gasteiger partial charge in [-0.2, -0.15) is 5.26 Å². The Morgan fingerprint density at radius 1 is 1.47 bits per heavy atom. The van der Waals surface area contributed by atoms with E-state index < -0.39 is 6.10 Å². The van der Waals surface area contributed by atoms with Gasteiger partial charge in [-0.1, -0.05) is 0 Å². The number of pyridine rings is 1. The van der Waals surface area contributed by atoms with Crippen LogP contribution < -0.4 is 0 Å². The minimum atomic E-state index is -0.445. The van der Waals surface area contributed by atoms with Crippen LogP contribution in [0.4, 0.5) is 0 Å². The van der Waals surface area contributed by atoms with Gasteiger partial charge in [-0.25, -0.2) is 0 Å². The van der Waals surface area contributed by atoms with Crippen molar-refractivity contribution in [2.75, 3.05) is 0 Å². The first kappa shape index (κ1) is 10.1. The maximum atomic E-state index is 9.83. The molecule has 15 heavy (non-hydrogen) atoms. The number of aromatic nitrogens is 1. The molecule has 1 unspecified atom stereocenters. The van der Waals surface area contributed by atoms with Crippen LogP contribution in [0.3, 0.4) is 0 Å². The fourth-order valence-corrected chi connectivity index (χ4v) is 2.28. The van der Waals surface area contributed by atoms with Crippen LogP contribution in [0.2, 0.25) is 0 Å². The molecule has 1 aliphatic rings. The smallest absolute Gasteiger partial charge is 0.101 e. The van der Waals surface area contributed by atoms with E-state index in [4.69, 9.17) is 5.26 Å². The fourth-order valence-electron chi connectivity index (χ4n) is 2.28. The zero-order valence-corrected chi connectivity index (χ0v) is 9.04. The Morgan fingerprint density at radius 3 is 2.87 bits per heavy atom. The summed E-state index contributed by atoms with van der Waals surface area (Å²) in [4.78, 5) is 4.35. The lowest BCUT2D eigenvalue weighted by molar-refractivity contribution is 0.151. The molecule has 0 saturated carbocycles. The fraction of sp³-hybridized carbons (Fsp3) is 0.500. The van der Waals surface area contributed by atoms with E-state index in [2.05, 4.69) is 11.1 Å². The Balaban J connectivity index is 2.67. The number of aliphatic hydroxyl groups is 1. The summed E-state index contributed by atoms with van der Waals surface area (Å²) in [5.74, 6) is 0. The molecule has 0 aromatic carbocycles. The Kier molecular flexibility index (Phi) is 2.45. The van der Waals surface area contributed by atoms with Crippen molar-refractivity contribution in [2.24, 2.45) is 0 Å². The van der Waals surface area contributed by atoms with E-state index in [9.17, 15) is 5.11 Å². The highest BCUT2D eigenvalue weighted by atomic mass is 16.3. The molecule has 1 heterocycles. The van der Waals surface area contributed by atoms with Crippen LogP contribution >= 0.6 is 0 Å². The molecule has 1 atom stereocenters. The molecule has 1 N–H and O–H groups in total. The van der Waals surface area contributed by atoms with Crippen molar-refractivity contribution in [1.82, 2.24) is 4.98 Å². The molecule has 1 aromatic heterocycles. The molecule has 1 aromatic rings. The lowest BCUT2D eigenvalue weighted by Gasteiger charge is -2.23. The predicted molar refractivity (Wildman–Crippen MR) is 56.3 cm³/mol. The van der Waals surface area contributed by atoms with Gasteiger partial charge in [0, 0.05) is 0 Å². The number of aliphatic hydroxyl groups excluding tert-OH is 1. The van der Waals surface area contributed by atoms with E-state index in [-0.39, 0.29) is 0 Å². The maximum Gasteiger partial charge on any atom is 0.101 e. The monoisotopic (exact) mass is 202 g/mol. The molecule has 0 bridgehead atoms. The van der Waals surface area contributed by atoms with Crippen molar-refractivity contribution >= 4 is 0 Å². The number of hydrogen-bond donors (Lipinski definition) is 1. The third-order valence-electron chi connectivity index (χ3n) is 3.12. The van der Waals surface area contributed by atoms with Gasteiger partial charge in [-0.3, -0.25) is 4.98 Å². The van der Waals surface area contributed by atoms with Gasteiger partial charge in [0.25, 0.3) is 0 Å². The molecule has 1 aliphatic carbocycles. The van der Waals surface area contributed by atoms with Crippen LogP contribution in [-0.2, 0) is 6.42 Å². The van der Waals surface area contributed by atoms with Crippen LogP contribution in [0, 0.1) is 25.2 Å². The Morgan fingerprint density at radius 2 is 2.20 bits per heavy atom. The summed E-state index contributed by atoms with van der Waals surface area (Å²) < 4.78 is 0. The lowest BCUT2D eigenvalue weighted by Crippen LogP contribution is -2.15. The van der Waals surface area contributed by atoms with Crippen LogP contribution in [0.1, 0.15) is 47.0 Å². The van der Waals surface area contributed by atoms with E-state index in [1.807, 2.05) is 13.8 Å². The zero-order chi connectivity index (χ0) is 11.0. The molecular formula is C12H14N2O. The molecule has 0 spiro atoms. The van der Waals surface area contributed by atoms with Gasteiger partial charge in [0.15, 0.2) is 0 Å². The first-order valence-electron chi connectivity index (χ1n) is 5.23. The lowest BCUT2D eigenvalue weighted by atomic mass is 9.88. The molecule has 0 aliphatic heterocycles. The van der Waals surface area contributed by atoms with Gasteiger partial charge in [0.1, 0.15) is 6.07 Å². The van der Waals surface area contributed by atoms with E-state index in [0.717, 1.165) is 41.8 Å². The van der Waals surface area contributed by atoms with Gasteiger partial charge < -0.3 is 5.11 Å². The quantitative estimate of drug-likeness (QED) is 0.699. The standard InChI is InChI=1S/C12H14N2O/c1-7-9-4-3-5-11(15)12(9)14-8(2)10(7)6-13/h11,15H,3-5H2,1-2H3.